The maximum Gasteiger partial charge on any atom is -0.00316 e. The van der Waals surface area contributed by atoms with Gasteiger partial charge in [0, 0.05) is 0 Å². The van der Waals surface area contributed by atoms with Gasteiger partial charge in [0.2, 0.25) is 0 Å². The summed E-state index contributed by atoms with van der Waals surface area (Å²) >= 11 is 0. The van der Waals surface area contributed by atoms with Crippen LogP contribution >= 0.6 is 0 Å². The molecule has 0 saturated carbocycles. The summed E-state index contributed by atoms with van der Waals surface area (Å²) in [6.07, 6.45) is 19.5. The molecule has 0 fully saturated rings. The lowest BCUT2D eigenvalue weighted by molar-refractivity contribution is 2.06. The number of terminal acetylenes is 2. The quantitative estimate of drug-likeness (QED) is 0.495. The lowest BCUT2D eigenvalue weighted by Gasteiger charge is -1.64. The maximum atomic E-state index is 4.97. The molecule has 14 heavy (non-hydrogen) atoms. The highest BCUT2D eigenvalue weighted by Gasteiger charge is 1.59. The van der Waals surface area contributed by atoms with E-state index in [4.69, 9.17) is 12.8 Å². The first-order chi connectivity index (χ1) is 6.91. The molecule has 0 aliphatic rings. The molecular weight excluding hydrogens is 168 g/mol. The summed E-state index contributed by atoms with van der Waals surface area (Å²) in [5, 5.41) is 0. The minimum atomic E-state index is 1.53. The Morgan fingerprint density at radius 1 is 0.500 bits per heavy atom. The second kappa shape index (κ2) is 10.5. The number of allylic oxidation sites excluding steroid dienone is 6. The van der Waals surface area contributed by atoms with Crippen molar-refractivity contribution in [1.29, 1.82) is 0 Å². The smallest absolute Gasteiger partial charge is 0.00316 e. The van der Waals surface area contributed by atoms with Crippen LogP contribution in [0.4, 0.5) is 0 Å². The van der Waals surface area contributed by atoms with Crippen LogP contribution in [0, 0.1) is 48.4 Å². The zero-order valence-electron chi connectivity index (χ0n) is 7.62. The molecule has 0 atom stereocenters. The Balaban J connectivity index is 3.94. The fraction of sp³-hybridized carbons (Fsp3) is 0. The lowest BCUT2D eigenvalue weighted by atomic mass is 10.4. The summed E-state index contributed by atoms with van der Waals surface area (Å²) in [6.45, 7) is 0. The molecule has 0 radical (unpaired) electrons. The van der Waals surface area contributed by atoms with E-state index >= 15 is 0 Å². The average Bonchev–Trinajstić information content (AvgIpc) is 2.21. The zero-order valence-corrected chi connectivity index (χ0v) is 7.62. The second-order valence-electron chi connectivity index (χ2n) is 1.91. The zero-order chi connectivity index (χ0) is 10.5. The van der Waals surface area contributed by atoms with Crippen molar-refractivity contribution in [2.45, 2.75) is 0 Å². The predicted molar refractivity (Wildman–Crippen MR) is 60.6 cm³/mol. The van der Waals surface area contributed by atoms with E-state index in [-0.39, 0.29) is 0 Å². The van der Waals surface area contributed by atoms with Crippen LogP contribution in [0.15, 0.2) is 36.5 Å². The molecule has 0 aliphatic heterocycles. The summed E-state index contributed by atoms with van der Waals surface area (Å²) in [5.74, 6) is 15.5. The molecule has 0 aromatic rings. The van der Waals surface area contributed by atoms with E-state index in [0.29, 0.717) is 0 Å². The van der Waals surface area contributed by atoms with Gasteiger partial charge in [-0.2, -0.15) is 0 Å². The molecule has 0 spiro atoms. The van der Waals surface area contributed by atoms with Crippen LogP contribution in [0.3, 0.4) is 0 Å². The highest BCUT2D eigenvalue weighted by Crippen LogP contribution is 1.71. The molecule has 0 aliphatic carbocycles. The minimum Gasteiger partial charge on any atom is -0.115 e. The molecule has 0 N–H and O–H groups in total. The van der Waals surface area contributed by atoms with Gasteiger partial charge in [-0.25, -0.2) is 0 Å². The van der Waals surface area contributed by atoms with Gasteiger partial charge in [-0.3, -0.25) is 0 Å². The van der Waals surface area contributed by atoms with Crippen molar-refractivity contribution >= 4 is 0 Å². The van der Waals surface area contributed by atoms with Crippen molar-refractivity contribution in [1.82, 2.24) is 0 Å². The highest BCUT2D eigenvalue weighted by atomic mass is 13.6. The van der Waals surface area contributed by atoms with Crippen LogP contribution in [0.2, 0.25) is 0 Å². The van der Waals surface area contributed by atoms with Gasteiger partial charge in [-0.05, 0) is 36.5 Å². The van der Waals surface area contributed by atoms with E-state index in [2.05, 4.69) is 35.5 Å². The molecule has 0 saturated heterocycles. The first-order valence-corrected chi connectivity index (χ1v) is 3.81. The standard InChI is InChI=1S/C14H8/c1-3-5-7-9-11-13-14-12-10-8-6-4-2/h1-2,5-8,13-14H/b7-5+,8-6+,14-13+. The second-order valence-corrected chi connectivity index (χ2v) is 1.91. The summed E-state index contributed by atoms with van der Waals surface area (Å²) in [5.41, 5.74) is 0. The molecule has 0 aromatic heterocycles. The Kier molecular flexibility index (Phi) is 8.56. The third-order valence-corrected chi connectivity index (χ3v) is 0.942. The first-order valence-electron chi connectivity index (χ1n) is 3.81. The Labute approximate surface area is 85.4 Å². The van der Waals surface area contributed by atoms with Crippen LogP contribution in [0.1, 0.15) is 0 Å². The maximum absolute atomic E-state index is 4.97. The number of rotatable bonds is 0. The molecule has 0 aromatic carbocycles. The lowest BCUT2D eigenvalue weighted by Crippen LogP contribution is -1.53. The fourth-order valence-electron chi connectivity index (χ4n) is 0.455. The number of hydrogen-bond acceptors (Lipinski definition) is 0. The summed E-state index contributed by atoms with van der Waals surface area (Å²) in [4.78, 5) is 0. The van der Waals surface area contributed by atoms with Crippen molar-refractivity contribution in [3.63, 3.8) is 0 Å². The first kappa shape index (κ1) is 11.5. The molecule has 64 valence electrons. The van der Waals surface area contributed by atoms with Gasteiger partial charge in [0.25, 0.3) is 0 Å². The van der Waals surface area contributed by atoms with E-state index in [1.54, 1.807) is 24.3 Å². The Hall–Kier alpha value is -2.54. The van der Waals surface area contributed by atoms with Gasteiger partial charge in [0.1, 0.15) is 0 Å². The summed E-state index contributed by atoms with van der Waals surface area (Å²) in [6, 6.07) is 0. The monoisotopic (exact) mass is 176 g/mol. The molecule has 0 heteroatoms. The van der Waals surface area contributed by atoms with Crippen molar-refractivity contribution in [3.8, 4) is 48.4 Å². The molecule has 0 nitrogen and oxygen atoms in total. The van der Waals surface area contributed by atoms with Gasteiger partial charge in [0.15, 0.2) is 0 Å². The topological polar surface area (TPSA) is 0 Å². The third-order valence-electron chi connectivity index (χ3n) is 0.942. The Morgan fingerprint density at radius 2 is 0.786 bits per heavy atom. The molecule has 0 unspecified atom stereocenters. The normalized spacial score (nSPS) is 8.71. The van der Waals surface area contributed by atoms with Crippen LogP contribution in [0.25, 0.3) is 0 Å². The molecule has 0 rings (SSSR count). The van der Waals surface area contributed by atoms with Crippen LogP contribution in [0.5, 0.6) is 0 Å². The van der Waals surface area contributed by atoms with Crippen LogP contribution in [-0.2, 0) is 0 Å². The molecule has 0 heterocycles. The largest absolute Gasteiger partial charge is 0.115 e. The SMILES string of the molecule is C#C/C=C/C#C/C=C/C#C/C=C/C#C. The van der Waals surface area contributed by atoms with Gasteiger partial charge in [-0.1, -0.05) is 35.5 Å². The van der Waals surface area contributed by atoms with E-state index in [1.165, 1.54) is 12.2 Å². The molecule has 0 amide bonds. The van der Waals surface area contributed by atoms with Crippen molar-refractivity contribution in [3.05, 3.63) is 36.5 Å². The van der Waals surface area contributed by atoms with E-state index in [1.807, 2.05) is 0 Å². The van der Waals surface area contributed by atoms with Crippen molar-refractivity contribution < 1.29 is 0 Å². The Morgan fingerprint density at radius 3 is 1.07 bits per heavy atom. The average molecular weight is 176 g/mol. The predicted octanol–water partition coefficient (Wildman–Crippen LogP) is 1.93. The fourth-order valence-corrected chi connectivity index (χ4v) is 0.455. The third kappa shape index (κ3) is 9.46. The van der Waals surface area contributed by atoms with Gasteiger partial charge < -0.3 is 0 Å². The highest BCUT2D eigenvalue weighted by molar-refractivity contribution is 5.32. The van der Waals surface area contributed by atoms with Crippen molar-refractivity contribution in [2.75, 3.05) is 0 Å². The van der Waals surface area contributed by atoms with Gasteiger partial charge in [-0.15, -0.1) is 12.8 Å². The number of hydrogen-bond donors (Lipinski definition) is 0. The van der Waals surface area contributed by atoms with E-state index in [9.17, 15) is 0 Å². The van der Waals surface area contributed by atoms with Crippen LogP contribution < -0.4 is 0 Å². The Bertz CT molecular complexity index is 391. The van der Waals surface area contributed by atoms with E-state index in [0.717, 1.165) is 0 Å². The minimum absolute atomic E-state index is 1.53. The summed E-state index contributed by atoms with van der Waals surface area (Å²) < 4.78 is 0. The van der Waals surface area contributed by atoms with Crippen LogP contribution in [-0.4, -0.2) is 0 Å². The van der Waals surface area contributed by atoms with Crippen molar-refractivity contribution in [2.24, 2.45) is 0 Å². The summed E-state index contributed by atoms with van der Waals surface area (Å²) in [7, 11) is 0. The van der Waals surface area contributed by atoms with Gasteiger partial charge in [0.05, 0.1) is 0 Å². The molecular formula is C14H8. The molecule has 0 bridgehead atoms. The van der Waals surface area contributed by atoms with Gasteiger partial charge >= 0.3 is 0 Å². The van der Waals surface area contributed by atoms with E-state index < -0.39 is 0 Å².